The largest absolute Gasteiger partial charge is 1.00 e. The van der Waals surface area contributed by atoms with Crippen molar-refractivity contribution in [2.24, 2.45) is 0 Å². The third-order valence-corrected chi connectivity index (χ3v) is 7.83. The van der Waals surface area contributed by atoms with Crippen molar-refractivity contribution in [1.82, 2.24) is 0 Å². The Bertz CT molecular complexity index is 731. The third kappa shape index (κ3) is 22.1. The summed E-state index contributed by atoms with van der Waals surface area (Å²) in [4.78, 5) is 0. The Balaban J connectivity index is 0.00000800. The van der Waals surface area contributed by atoms with Crippen LogP contribution in [0.25, 0.3) is 0 Å². The first-order valence-electron chi connectivity index (χ1n) is 16.8. The maximum absolute atomic E-state index is 3.57. The number of aromatic nitrogens is 2. The number of rotatable bonds is 26. The molecule has 0 saturated carbocycles. The van der Waals surface area contributed by atoms with Crippen LogP contribution in [0.1, 0.15) is 136 Å². The highest BCUT2D eigenvalue weighted by atomic mass is 79.9. The molecular formula is C35H62Br2N4. The Hall–Kier alpha value is -1.14. The number of aryl methyl sites for hydroxylation is 2. The zero-order valence-corrected chi connectivity index (χ0v) is 29.7. The number of hydrogen-bond donors (Lipinski definition) is 2. The summed E-state index contributed by atoms with van der Waals surface area (Å²) >= 11 is 0. The highest BCUT2D eigenvalue weighted by molar-refractivity contribution is 5.40. The van der Waals surface area contributed by atoms with E-state index < -0.39 is 0 Å². The van der Waals surface area contributed by atoms with Gasteiger partial charge in [0.2, 0.25) is 0 Å². The number of hydrogen-bond acceptors (Lipinski definition) is 2. The van der Waals surface area contributed by atoms with Crippen molar-refractivity contribution in [3.05, 3.63) is 49.1 Å². The molecule has 0 aliphatic rings. The predicted octanol–water partition coefficient (Wildman–Crippen LogP) is 3.25. The van der Waals surface area contributed by atoms with Gasteiger partial charge in [0.05, 0.1) is 0 Å². The van der Waals surface area contributed by atoms with Crippen LogP contribution in [0.4, 0.5) is 11.4 Å². The van der Waals surface area contributed by atoms with Crippen molar-refractivity contribution >= 4 is 11.4 Å². The fourth-order valence-electron chi connectivity index (χ4n) is 5.20. The summed E-state index contributed by atoms with van der Waals surface area (Å²) in [6, 6.07) is 8.93. The average Bonchev–Trinajstić information content (AvgIpc) is 2.97. The zero-order valence-electron chi connectivity index (χ0n) is 26.5. The Kier molecular flexibility index (Phi) is 28.2. The van der Waals surface area contributed by atoms with Crippen LogP contribution in [0.15, 0.2) is 49.1 Å². The molecule has 2 N–H and O–H groups in total. The van der Waals surface area contributed by atoms with E-state index in [1.165, 1.54) is 133 Å². The SMILES string of the molecule is CCCCCCCCNc1cc[n+](CCCCCCCCC[n+]2ccc(NCCCCCCCC)cc2)cc1.[Br-].[Br-]. The molecule has 0 fully saturated rings. The van der Waals surface area contributed by atoms with Crippen LogP contribution in [0, 0.1) is 0 Å². The molecule has 0 saturated heterocycles. The average molecular weight is 699 g/mol. The summed E-state index contributed by atoms with van der Waals surface area (Å²) in [6.45, 7) is 9.02. The summed E-state index contributed by atoms with van der Waals surface area (Å²) < 4.78 is 4.67. The lowest BCUT2D eigenvalue weighted by Gasteiger charge is -2.06. The number of nitrogens with one attached hydrogen (secondary N) is 2. The van der Waals surface area contributed by atoms with Gasteiger partial charge in [-0.3, -0.25) is 0 Å². The molecule has 2 aromatic rings. The molecule has 41 heavy (non-hydrogen) atoms. The van der Waals surface area contributed by atoms with Gasteiger partial charge in [-0.1, -0.05) is 97.3 Å². The molecule has 0 atom stereocenters. The number of anilines is 2. The van der Waals surface area contributed by atoms with E-state index in [2.05, 4.69) is 82.7 Å². The first kappa shape index (κ1) is 39.9. The highest BCUT2D eigenvalue weighted by Crippen LogP contribution is 2.10. The quantitative estimate of drug-likeness (QED) is 0.117. The van der Waals surface area contributed by atoms with Crippen LogP contribution < -0.4 is 53.7 Å². The first-order chi connectivity index (χ1) is 19.3. The summed E-state index contributed by atoms with van der Waals surface area (Å²) in [6.07, 6.45) is 34.5. The van der Waals surface area contributed by atoms with Gasteiger partial charge in [-0.25, -0.2) is 9.13 Å². The van der Waals surface area contributed by atoms with Crippen molar-refractivity contribution in [2.75, 3.05) is 23.7 Å². The van der Waals surface area contributed by atoms with Gasteiger partial charge in [0.25, 0.3) is 0 Å². The maximum Gasteiger partial charge on any atom is 0.170 e. The van der Waals surface area contributed by atoms with E-state index in [0.717, 1.165) is 26.2 Å². The number of pyridine rings is 2. The van der Waals surface area contributed by atoms with Gasteiger partial charge in [-0.15, -0.1) is 0 Å². The molecular weight excluding hydrogens is 636 g/mol. The van der Waals surface area contributed by atoms with Crippen molar-refractivity contribution in [2.45, 2.75) is 149 Å². The number of nitrogens with zero attached hydrogens (tertiary/aromatic N) is 2. The van der Waals surface area contributed by atoms with Crippen LogP contribution in [-0.4, -0.2) is 13.1 Å². The van der Waals surface area contributed by atoms with Crippen molar-refractivity contribution in [1.29, 1.82) is 0 Å². The van der Waals surface area contributed by atoms with E-state index >= 15 is 0 Å². The van der Waals surface area contributed by atoms with Gasteiger partial charge in [-0.2, -0.15) is 0 Å². The Morgan fingerprint density at radius 3 is 1.05 bits per heavy atom. The van der Waals surface area contributed by atoms with Crippen LogP contribution in [-0.2, 0) is 13.1 Å². The van der Waals surface area contributed by atoms with E-state index in [-0.39, 0.29) is 34.0 Å². The van der Waals surface area contributed by atoms with Gasteiger partial charge < -0.3 is 44.6 Å². The second-order valence-electron chi connectivity index (χ2n) is 11.5. The minimum Gasteiger partial charge on any atom is -1.00 e. The Morgan fingerprint density at radius 1 is 0.415 bits per heavy atom. The lowest BCUT2D eigenvalue weighted by molar-refractivity contribution is -0.697. The minimum absolute atomic E-state index is 0. The molecule has 2 aromatic heterocycles. The van der Waals surface area contributed by atoms with Gasteiger partial charge in [-0.05, 0) is 25.7 Å². The van der Waals surface area contributed by atoms with Gasteiger partial charge in [0.15, 0.2) is 24.8 Å². The number of halogens is 2. The van der Waals surface area contributed by atoms with Crippen molar-refractivity contribution < 1.29 is 43.1 Å². The van der Waals surface area contributed by atoms with Crippen molar-refractivity contribution in [3.8, 4) is 0 Å². The molecule has 2 rings (SSSR count). The van der Waals surface area contributed by atoms with E-state index in [1.807, 2.05) is 0 Å². The lowest BCUT2D eigenvalue weighted by Crippen LogP contribution is -3.00. The maximum atomic E-state index is 3.57. The smallest absolute Gasteiger partial charge is 0.170 e. The monoisotopic (exact) mass is 696 g/mol. The molecule has 0 radical (unpaired) electrons. The predicted molar refractivity (Wildman–Crippen MR) is 169 cm³/mol. The normalized spacial score (nSPS) is 10.6. The summed E-state index contributed by atoms with van der Waals surface area (Å²) in [5.74, 6) is 0. The molecule has 0 bridgehead atoms. The van der Waals surface area contributed by atoms with Crippen molar-refractivity contribution in [3.63, 3.8) is 0 Å². The molecule has 0 aliphatic carbocycles. The highest BCUT2D eigenvalue weighted by Gasteiger charge is 2.03. The molecule has 4 nitrogen and oxygen atoms in total. The Morgan fingerprint density at radius 2 is 0.707 bits per heavy atom. The molecule has 236 valence electrons. The van der Waals surface area contributed by atoms with Crippen LogP contribution in [0.5, 0.6) is 0 Å². The summed E-state index contributed by atoms with van der Waals surface area (Å²) in [5, 5.41) is 7.15. The Labute approximate surface area is 275 Å². The fraction of sp³-hybridized carbons (Fsp3) is 0.714. The first-order valence-corrected chi connectivity index (χ1v) is 16.8. The molecule has 0 spiro atoms. The van der Waals surface area contributed by atoms with E-state index in [0.29, 0.717) is 0 Å². The molecule has 0 aromatic carbocycles. The zero-order chi connectivity index (χ0) is 27.6. The fourth-order valence-corrected chi connectivity index (χ4v) is 5.20. The second-order valence-corrected chi connectivity index (χ2v) is 11.5. The minimum atomic E-state index is 0. The molecule has 0 amide bonds. The third-order valence-electron chi connectivity index (χ3n) is 7.83. The molecule has 6 heteroatoms. The van der Waals surface area contributed by atoms with Gasteiger partial charge >= 0.3 is 0 Å². The van der Waals surface area contributed by atoms with Crippen LogP contribution in [0.3, 0.4) is 0 Å². The summed E-state index contributed by atoms with van der Waals surface area (Å²) in [5.41, 5.74) is 2.52. The van der Waals surface area contributed by atoms with Gasteiger partial charge in [0.1, 0.15) is 13.1 Å². The lowest BCUT2D eigenvalue weighted by atomic mass is 10.1. The topological polar surface area (TPSA) is 31.8 Å². The van der Waals surface area contributed by atoms with E-state index in [4.69, 9.17) is 0 Å². The van der Waals surface area contributed by atoms with Gasteiger partial charge in [0, 0.05) is 61.6 Å². The van der Waals surface area contributed by atoms with Crippen LogP contribution in [0.2, 0.25) is 0 Å². The second kappa shape index (κ2) is 29.0. The molecule has 0 aliphatic heterocycles. The molecule has 2 heterocycles. The van der Waals surface area contributed by atoms with Crippen LogP contribution >= 0.6 is 0 Å². The number of unbranched alkanes of at least 4 members (excludes halogenated alkanes) is 16. The summed E-state index contributed by atoms with van der Waals surface area (Å²) in [7, 11) is 0. The standard InChI is InChI=1S/C35H60N4.2BrH/c1-3-5-7-9-14-18-26-36-34-22-30-38(31-23-34)28-20-16-12-11-13-17-21-29-39-32-24-35(25-33-39)37-27-19-15-10-8-6-4-2;;/h22-25,30-33H,3-21,26-29H2,1-2H3;2*1H. The molecule has 0 unspecified atom stereocenters. The van der Waals surface area contributed by atoms with E-state index in [9.17, 15) is 0 Å². The van der Waals surface area contributed by atoms with E-state index in [1.54, 1.807) is 0 Å².